The highest BCUT2D eigenvalue weighted by atomic mass is 32.2. The van der Waals surface area contributed by atoms with Crippen LogP contribution in [-0.2, 0) is 0 Å². The molecule has 0 amide bonds. The minimum atomic E-state index is 0.493. The molecule has 0 aliphatic carbocycles. The summed E-state index contributed by atoms with van der Waals surface area (Å²) in [4.78, 5) is 4.62. The molecule has 1 aromatic rings. The minimum Gasteiger partial charge on any atom is -0.362 e. The zero-order chi connectivity index (χ0) is 11.4. The second kappa shape index (κ2) is 5.39. The Hall–Kier alpha value is -0.960. The number of nitrogens with one attached hydrogen (secondary N) is 1. The lowest BCUT2D eigenvalue weighted by atomic mass is 10.0. The molecule has 86 valence electrons. The topological polar surface area (TPSA) is 24.4 Å². The van der Waals surface area contributed by atoms with Gasteiger partial charge in [0.05, 0.1) is 0 Å². The Labute approximate surface area is 102 Å². The zero-order valence-corrected chi connectivity index (χ0v) is 10.6. The van der Waals surface area contributed by atoms with E-state index in [0.717, 1.165) is 17.5 Å². The number of nitrogens with zero attached hydrogens (tertiary/aromatic N) is 1. The Balaban J connectivity index is 1.91. The van der Waals surface area contributed by atoms with Crippen LogP contribution < -0.4 is 5.32 Å². The summed E-state index contributed by atoms with van der Waals surface area (Å²) >= 11 is 1.83. The summed E-state index contributed by atoms with van der Waals surface area (Å²) in [7, 11) is 0. The number of thioether (sulfide) groups is 1. The van der Waals surface area contributed by atoms with Crippen LogP contribution in [0.1, 0.15) is 25.3 Å². The van der Waals surface area contributed by atoms with Gasteiger partial charge in [-0.2, -0.15) is 0 Å². The molecule has 1 aliphatic heterocycles. The van der Waals surface area contributed by atoms with Gasteiger partial charge in [0.2, 0.25) is 0 Å². The first-order valence-electron chi connectivity index (χ1n) is 5.74. The Morgan fingerprint density at radius 1 is 1.44 bits per heavy atom. The molecule has 0 radical (unpaired) electrons. The first-order chi connectivity index (χ1) is 7.75. The molecule has 1 heterocycles. The molecular formula is C13H18N2S. The van der Waals surface area contributed by atoms with Gasteiger partial charge >= 0.3 is 0 Å². The van der Waals surface area contributed by atoms with Crippen molar-refractivity contribution in [3.8, 4) is 0 Å². The van der Waals surface area contributed by atoms with Crippen LogP contribution in [0.3, 0.4) is 0 Å². The molecule has 1 fully saturated rings. The van der Waals surface area contributed by atoms with Crippen molar-refractivity contribution in [1.29, 1.82) is 0 Å². The fourth-order valence-corrected chi connectivity index (χ4v) is 2.64. The lowest BCUT2D eigenvalue weighted by Crippen LogP contribution is -2.23. The van der Waals surface area contributed by atoms with Crippen LogP contribution in [0.4, 0.5) is 0 Å². The molecule has 16 heavy (non-hydrogen) atoms. The molecule has 0 aromatic heterocycles. The quantitative estimate of drug-likeness (QED) is 0.869. The summed E-state index contributed by atoms with van der Waals surface area (Å²) in [6.45, 7) is 5.28. The predicted octanol–water partition coefficient (Wildman–Crippen LogP) is 2.87. The minimum absolute atomic E-state index is 0.493. The van der Waals surface area contributed by atoms with Gasteiger partial charge < -0.3 is 5.32 Å². The summed E-state index contributed by atoms with van der Waals surface area (Å²) in [6.07, 6.45) is 0. The average Bonchev–Trinajstić information content (AvgIpc) is 2.73. The number of benzene rings is 1. The van der Waals surface area contributed by atoms with Crippen molar-refractivity contribution >= 4 is 16.9 Å². The highest BCUT2D eigenvalue weighted by molar-refractivity contribution is 8.14. The average molecular weight is 234 g/mol. The third-order valence-corrected chi connectivity index (χ3v) is 3.90. The monoisotopic (exact) mass is 234 g/mol. The van der Waals surface area contributed by atoms with Crippen molar-refractivity contribution in [2.45, 2.75) is 25.8 Å². The van der Waals surface area contributed by atoms with E-state index in [2.05, 4.69) is 54.5 Å². The van der Waals surface area contributed by atoms with Gasteiger partial charge in [0, 0.05) is 24.3 Å². The van der Waals surface area contributed by atoms with Crippen LogP contribution >= 0.6 is 11.8 Å². The van der Waals surface area contributed by atoms with Gasteiger partial charge in [0.25, 0.3) is 0 Å². The SMILES string of the molecule is CC1CSC(=NCC(C)c2ccccc2)N1. The fourth-order valence-electron chi connectivity index (χ4n) is 1.70. The van der Waals surface area contributed by atoms with Gasteiger partial charge in [-0.1, -0.05) is 49.0 Å². The van der Waals surface area contributed by atoms with Crippen molar-refractivity contribution in [1.82, 2.24) is 5.32 Å². The molecule has 2 unspecified atom stereocenters. The molecule has 0 bridgehead atoms. The maximum atomic E-state index is 4.62. The number of aliphatic imine (C=N–C) groups is 1. The van der Waals surface area contributed by atoms with E-state index < -0.39 is 0 Å². The van der Waals surface area contributed by atoms with Crippen molar-refractivity contribution in [2.24, 2.45) is 4.99 Å². The van der Waals surface area contributed by atoms with Crippen molar-refractivity contribution in [2.75, 3.05) is 12.3 Å². The van der Waals surface area contributed by atoms with E-state index in [0.29, 0.717) is 12.0 Å². The maximum Gasteiger partial charge on any atom is 0.156 e. The largest absolute Gasteiger partial charge is 0.362 e. The van der Waals surface area contributed by atoms with Gasteiger partial charge in [-0.05, 0) is 12.5 Å². The molecule has 1 saturated heterocycles. The van der Waals surface area contributed by atoms with Gasteiger partial charge in [-0.3, -0.25) is 4.99 Å². The molecule has 1 aliphatic rings. The standard InChI is InChI=1S/C13H18N2S/c1-10(12-6-4-3-5-7-12)8-14-13-15-11(2)9-16-13/h3-7,10-11H,8-9H2,1-2H3,(H,14,15). The molecule has 3 heteroatoms. The van der Waals surface area contributed by atoms with E-state index in [-0.39, 0.29) is 0 Å². The van der Waals surface area contributed by atoms with Gasteiger partial charge in [0.1, 0.15) is 0 Å². The molecule has 0 spiro atoms. The van der Waals surface area contributed by atoms with Crippen molar-refractivity contribution in [3.63, 3.8) is 0 Å². The highest BCUT2D eigenvalue weighted by Gasteiger charge is 2.15. The number of hydrogen-bond acceptors (Lipinski definition) is 2. The van der Waals surface area contributed by atoms with Crippen LogP contribution in [0.25, 0.3) is 0 Å². The summed E-state index contributed by atoms with van der Waals surface area (Å²) in [5, 5.41) is 4.48. The van der Waals surface area contributed by atoms with E-state index in [1.54, 1.807) is 0 Å². The van der Waals surface area contributed by atoms with Gasteiger partial charge in [-0.25, -0.2) is 0 Å². The molecular weight excluding hydrogens is 216 g/mol. The van der Waals surface area contributed by atoms with Crippen LogP contribution in [0, 0.1) is 0 Å². The third-order valence-electron chi connectivity index (χ3n) is 2.72. The Morgan fingerprint density at radius 3 is 2.81 bits per heavy atom. The predicted molar refractivity (Wildman–Crippen MR) is 72.2 cm³/mol. The highest BCUT2D eigenvalue weighted by Crippen LogP contribution is 2.17. The summed E-state index contributed by atoms with van der Waals surface area (Å²) < 4.78 is 0. The second-order valence-corrected chi connectivity index (χ2v) is 5.32. The van der Waals surface area contributed by atoms with E-state index >= 15 is 0 Å². The van der Waals surface area contributed by atoms with Crippen molar-refractivity contribution in [3.05, 3.63) is 35.9 Å². The van der Waals surface area contributed by atoms with Crippen molar-refractivity contribution < 1.29 is 0 Å². The van der Waals surface area contributed by atoms with E-state index in [4.69, 9.17) is 0 Å². The number of hydrogen-bond donors (Lipinski definition) is 1. The molecule has 0 saturated carbocycles. The smallest absolute Gasteiger partial charge is 0.156 e. The number of amidine groups is 1. The molecule has 2 nitrogen and oxygen atoms in total. The molecule has 1 aromatic carbocycles. The normalized spacial score (nSPS) is 24.4. The Kier molecular flexibility index (Phi) is 3.88. The van der Waals surface area contributed by atoms with Gasteiger partial charge in [0.15, 0.2) is 5.17 Å². The molecule has 2 rings (SSSR count). The summed E-state index contributed by atoms with van der Waals surface area (Å²) in [5.41, 5.74) is 1.36. The van der Waals surface area contributed by atoms with Crippen LogP contribution in [0.2, 0.25) is 0 Å². The van der Waals surface area contributed by atoms with E-state index in [1.165, 1.54) is 5.56 Å². The van der Waals surface area contributed by atoms with Crippen LogP contribution in [0.15, 0.2) is 35.3 Å². The van der Waals surface area contributed by atoms with Crippen LogP contribution in [-0.4, -0.2) is 23.5 Å². The maximum absolute atomic E-state index is 4.62. The Morgan fingerprint density at radius 2 is 2.19 bits per heavy atom. The second-order valence-electron chi connectivity index (χ2n) is 4.31. The Bertz CT molecular complexity index is 361. The summed E-state index contributed by atoms with van der Waals surface area (Å²) in [5.74, 6) is 1.63. The lowest BCUT2D eigenvalue weighted by Gasteiger charge is -2.09. The summed E-state index contributed by atoms with van der Waals surface area (Å²) in [6, 6.07) is 11.1. The van der Waals surface area contributed by atoms with E-state index in [1.807, 2.05) is 11.8 Å². The molecule has 2 atom stereocenters. The first-order valence-corrected chi connectivity index (χ1v) is 6.73. The van der Waals surface area contributed by atoms with E-state index in [9.17, 15) is 0 Å². The number of rotatable bonds is 3. The van der Waals surface area contributed by atoms with Gasteiger partial charge in [-0.15, -0.1) is 0 Å². The molecule has 1 N–H and O–H groups in total. The lowest BCUT2D eigenvalue weighted by molar-refractivity contribution is 0.745. The fraction of sp³-hybridized carbons (Fsp3) is 0.462. The third kappa shape index (κ3) is 3.01. The zero-order valence-electron chi connectivity index (χ0n) is 9.81. The first kappa shape index (κ1) is 11.5. The van der Waals surface area contributed by atoms with Crippen LogP contribution in [0.5, 0.6) is 0 Å².